The van der Waals surface area contributed by atoms with E-state index in [1.807, 2.05) is 0 Å². The van der Waals surface area contributed by atoms with Gasteiger partial charge in [-0.2, -0.15) is 0 Å². The van der Waals surface area contributed by atoms with Gasteiger partial charge >= 0.3 is 0 Å². The molecule has 7 heteroatoms. The highest BCUT2D eigenvalue weighted by molar-refractivity contribution is 7.92. The third-order valence-corrected chi connectivity index (χ3v) is 4.52. The molecule has 0 aliphatic heterocycles. The number of methoxy groups -OCH3 is 2. The maximum absolute atomic E-state index is 12.7. The normalized spacial score (nSPS) is 10.8. The largest absolute Gasteiger partial charge is 0.497 e. The molecule has 0 atom stereocenters. The Bertz CT molecular complexity index is 817. The minimum absolute atomic E-state index is 0.0123. The van der Waals surface area contributed by atoms with Crippen LogP contribution in [-0.2, 0) is 10.0 Å². The average molecular weight is 349 g/mol. The first-order chi connectivity index (χ1) is 11.5. The molecule has 0 aliphatic rings. The maximum Gasteiger partial charge on any atom is 0.265 e. The van der Waals surface area contributed by atoms with E-state index < -0.39 is 10.0 Å². The van der Waals surface area contributed by atoms with Gasteiger partial charge in [0, 0.05) is 12.1 Å². The predicted molar refractivity (Wildman–Crippen MR) is 92.5 cm³/mol. The summed E-state index contributed by atoms with van der Waals surface area (Å²) in [5, 5.41) is 0. The monoisotopic (exact) mass is 349 g/mol. The van der Waals surface area contributed by atoms with E-state index in [1.165, 1.54) is 26.4 Å². The fourth-order valence-electron chi connectivity index (χ4n) is 2.01. The second kappa shape index (κ2) is 7.74. The van der Waals surface area contributed by atoms with Gasteiger partial charge in [0.2, 0.25) is 0 Å². The smallest absolute Gasteiger partial charge is 0.265 e. The van der Waals surface area contributed by atoms with Gasteiger partial charge in [0.15, 0.2) is 0 Å². The summed E-state index contributed by atoms with van der Waals surface area (Å²) in [6.45, 7) is 3.90. The molecule has 6 nitrogen and oxygen atoms in total. The van der Waals surface area contributed by atoms with Gasteiger partial charge in [-0.25, -0.2) is 8.42 Å². The highest BCUT2D eigenvalue weighted by atomic mass is 32.2. The minimum atomic E-state index is -3.86. The number of ether oxygens (including phenoxy) is 3. The highest BCUT2D eigenvalue weighted by Gasteiger charge is 2.21. The SMILES string of the molecule is C=CCOc1cccc(NS(=O)(=O)c2cc(OC)ccc2OC)c1. The fraction of sp³-hybridized carbons (Fsp3) is 0.176. The number of hydrogen-bond donors (Lipinski definition) is 1. The zero-order valence-corrected chi connectivity index (χ0v) is 14.3. The number of benzene rings is 2. The van der Waals surface area contributed by atoms with Crippen molar-refractivity contribution in [3.05, 3.63) is 55.1 Å². The number of anilines is 1. The molecule has 2 aromatic rings. The van der Waals surface area contributed by atoms with Crippen molar-refractivity contribution >= 4 is 15.7 Å². The zero-order valence-electron chi connectivity index (χ0n) is 13.5. The molecule has 0 amide bonds. The molecule has 0 aromatic heterocycles. The predicted octanol–water partition coefficient (Wildman–Crippen LogP) is 3.07. The van der Waals surface area contributed by atoms with Crippen LogP contribution in [0, 0.1) is 0 Å². The lowest BCUT2D eigenvalue weighted by atomic mass is 10.3. The molecule has 128 valence electrons. The van der Waals surface area contributed by atoms with E-state index in [9.17, 15) is 8.42 Å². The average Bonchev–Trinajstić information content (AvgIpc) is 2.59. The van der Waals surface area contributed by atoms with Gasteiger partial charge in [0.1, 0.15) is 28.8 Å². The molecule has 2 rings (SSSR count). The second-order valence-corrected chi connectivity index (χ2v) is 6.40. The van der Waals surface area contributed by atoms with Crippen LogP contribution in [0.1, 0.15) is 0 Å². The van der Waals surface area contributed by atoms with Crippen LogP contribution in [0.4, 0.5) is 5.69 Å². The molecular formula is C17H19NO5S. The Morgan fingerprint density at radius 1 is 1.08 bits per heavy atom. The van der Waals surface area contributed by atoms with Gasteiger partial charge in [-0.1, -0.05) is 18.7 Å². The molecule has 0 heterocycles. The van der Waals surface area contributed by atoms with Crippen LogP contribution >= 0.6 is 0 Å². The number of nitrogens with one attached hydrogen (secondary N) is 1. The summed E-state index contributed by atoms with van der Waals surface area (Å²) in [4.78, 5) is -0.0123. The first-order valence-electron chi connectivity index (χ1n) is 7.09. The Hall–Kier alpha value is -2.67. The van der Waals surface area contributed by atoms with Crippen molar-refractivity contribution in [2.75, 3.05) is 25.5 Å². The highest BCUT2D eigenvalue weighted by Crippen LogP contribution is 2.30. The Balaban J connectivity index is 2.33. The molecule has 0 bridgehead atoms. The summed E-state index contributed by atoms with van der Waals surface area (Å²) in [5.41, 5.74) is 0.376. The number of sulfonamides is 1. The summed E-state index contributed by atoms with van der Waals surface area (Å²) >= 11 is 0. The summed E-state index contributed by atoms with van der Waals surface area (Å²) in [6.07, 6.45) is 1.61. The van der Waals surface area contributed by atoms with Crippen LogP contribution in [0.25, 0.3) is 0 Å². The van der Waals surface area contributed by atoms with E-state index in [2.05, 4.69) is 11.3 Å². The van der Waals surface area contributed by atoms with E-state index in [-0.39, 0.29) is 10.6 Å². The lowest BCUT2D eigenvalue weighted by Crippen LogP contribution is -2.14. The Morgan fingerprint density at radius 3 is 2.54 bits per heavy atom. The Labute approximate surface area is 141 Å². The molecule has 0 fully saturated rings. The maximum atomic E-state index is 12.7. The quantitative estimate of drug-likeness (QED) is 0.742. The van der Waals surface area contributed by atoms with Crippen molar-refractivity contribution in [2.24, 2.45) is 0 Å². The summed E-state index contributed by atoms with van der Waals surface area (Å²) in [5.74, 6) is 1.18. The van der Waals surface area contributed by atoms with Crippen LogP contribution < -0.4 is 18.9 Å². The van der Waals surface area contributed by atoms with Gasteiger partial charge in [0.05, 0.1) is 19.9 Å². The van der Waals surface area contributed by atoms with Gasteiger partial charge in [-0.3, -0.25) is 4.72 Å². The zero-order chi connectivity index (χ0) is 17.6. The summed E-state index contributed by atoms with van der Waals surface area (Å²) < 4.78 is 43.5. The topological polar surface area (TPSA) is 73.9 Å². The van der Waals surface area contributed by atoms with Gasteiger partial charge in [-0.15, -0.1) is 0 Å². The van der Waals surface area contributed by atoms with Gasteiger partial charge in [-0.05, 0) is 24.3 Å². The van der Waals surface area contributed by atoms with Gasteiger partial charge < -0.3 is 14.2 Å². The van der Waals surface area contributed by atoms with Crippen molar-refractivity contribution in [1.29, 1.82) is 0 Å². The van der Waals surface area contributed by atoms with E-state index in [1.54, 1.807) is 36.4 Å². The van der Waals surface area contributed by atoms with Crippen molar-refractivity contribution in [3.63, 3.8) is 0 Å². The van der Waals surface area contributed by atoms with Crippen molar-refractivity contribution in [1.82, 2.24) is 0 Å². The van der Waals surface area contributed by atoms with Crippen LogP contribution in [-0.4, -0.2) is 29.2 Å². The Kier molecular flexibility index (Phi) is 5.70. The lowest BCUT2D eigenvalue weighted by Gasteiger charge is -2.13. The summed E-state index contributed by atoms with van der Waals surface area (Å²) in [7, 11) is -0.985. The van der Waals surface area contributed by atoms with Crippen molar-refractivity contribution in [3.8, 4) is 17.2 Å². The molecule has 0 saturated carbocycles. The van der Waals surface area contributed by atoms with Crippen LogP contribution in [0.2, 0.25) is 0 Å². The molecule has 0 saturated heterocycles. The fourth-order valence-corrected chi connectivity index (χ4v) is 3.24. The standard InChI is InChI=1S/C17H19NO5S/c1-4-10-23-15-7-5-6-13(11-15)18-24(19,20)17-12-14(21-2)8-9-16(17)22-3/h4-9,11-12,18H,1,10H2,2-3H3. The molecule has 1 N–H and O–H groups in total. The van der Waals surface area contributed by atoms with E-state index in [0.29, 0.717) is 23.8 Å². The van der Waals surface area contributed by atoms with E-state index >= 15 is 0 Å². The van der Waals surface area contributed by atoms with E-state index in [0.717, 1.165) is 0 Å². The van der Waals surface area contributed by atoms with Crippen LogP contribution in [0.5, 0.6) is 17.2 Å². The molecule has 0 unspecified atom stereocenters. The van der Waals surface area contributed by atoms with Crippen molar-refractivity contribution in [2.45, 2.75) is 4.90 Å². The van der Waals surface area contributed by atoms with Crippen LogP contribution in [0.3, 0.4) is 0 Å². The van der Waals surface area contributed by atoms with E-state index in [4.69, 9.17) is 14.2 Å². The number of hydrogen-bond acceptors (Lipinski definition) is 5. The molecule has 2 aromatic carbocycles. The first-order valence-corrected chi connectivity index (χ1v) is 8.57. The number of rotatable bonds is 8. The summed E-state index contributed by atoms with van der Waals surface area (Å²) in [6, 6.07) is 11.2. The van der Waals surface area contributed by atoms with Gasteiger partial charge in [0.25, 0.3) is 10.0 Å². The molecule has 0 aliphatic carbocycles. The van der Waals surface area contributed by atoms with Crippen LogP contribution in [0.15, 0.2) is 60.0 Å². The lowest BCUT2D eigenvalue weighted by molar-refractivity contribution is 0.363. The molecule has 24 heavy (non-hydrogen) atoms. The molecule has 0 spiro atoms. The molecule has 0 radical (unpaired) electrons. The minimum Gasteiger partial charge on any atom is -0.497 e. The second-order valence-electron chi connectivity index (χ2n) is 4.75. The first kappa shape index (κ1) is 17.7. The third-order valence-electron chi connectivity index (χ3n) is 3.11. The Morgan fingerprint density at radius 2 is 1.88 bits per heavy atom. The molecular weight excluding hydrogens is 330 g/mol. The third kappa shape index (κ3) is 4.20. The van der Waals surface area contributed by atoms with Crippen molar-refractivity contribution < 1.29 is 22.6 Å².